The van der Waals surface area contributed by atoms with Crippen molar-refractivity contribution in [2.45, 2.75) is 59.3 Å². The number of unbranched alkanes of at least 4 members (excludes halogenated alkanes) is 1. The van der Waals surface area contributed by atoms with Gasteiger partial charge >= 0.3 is 0 Å². The second-order valence-electron chi connectivity index (χ2n) is 7.00. The fourth-order valence-corrected chi connectivity index (χ4v) is 2.59. The fourth-order valence-electron chi connectivity index (χ4n) is 2.59. The van der Waals surface area contributed by atoms with E-state index in [9.17, 15) is 0 Å². The molecule has 0 aromatic heterocycles. The summed E-state index contributed by atoms with van der Waals surface area (Å²) in [7, 11) is 0. The van der Waals surface area contributed by atoms with E-state index in [-0.39, 0.29) is 0 Å². The van der Waals surface area contributed by atoms with Crippen molar-refractivity contribution >= 4 is 12.2 Å². The Morgan fingerprint density at radius 1 is 0.920 bits per heavy atom. The van der Waals surface area contributed by atoms with Crippen LogP contribution in [0.4, 0.5) is 0 Å². The van der Waals surface area contributed by atoms with Crippen molar-refractivity contribution in [1.29, 1.82) is 0 Å². The van der Waals surface area contributed by atoms with Gasteiger partial charge < -0.3 is 0 Å². The standard InChI is InChI=1S/C14H20.C11H14/c1-6-12-7-8-13(10(2)3)9-14(12)11(4)5;1-2-3-5-8-11-9-6-4-7-10-11/h6-11H,1H2,2-5H3;4-10H,2-3H2,1H3. The lowest BCUT2D eigenvalue weighted by Gasteiger charge is -2.14. The normalized spacial score (nSPS) is 10.8. The summed E-state index contributed by atoms with van der Waals surface area (Å²) in [5.74, 6) is 1.17. The van der Waals surface area contributed by atoms with Crippen molar-refractivity contribution < 1.29 is 0 Å². The van der Waals surface area contributed by atoms with Gasteiger partial charge in [-0.15, -0.1) is 0 Å². The summed E-state index contributed by atoms with van der Waals surface area (Å²) in [5.41, 5.74) is 5.39. The van der Waals surface area contributed by atoms with Crippen LogP contribution in [0.15, 0.2) is 61.2 Å². The molecule has 0 saturated heterocycles. The van der Waals surface area contributed by atoms with Gasteiger partial charge in [0.15, 0.2) is 0 Å². The van der Waals surface area contributed by atoms with Crippen LogP contribution >= 0.6 is 0 Å². The van der Waals surface area contributed by atoms with Crippen molar-refractivity contribution in [3.63, 3.8) is 0 Å². The Labute approximate surface area is 155 Å². The molecule has 25 heavy (non-hydrogen) atoms. The zero-order valence-electron chi connectivity index (χ0n) is 16.6. The smallest absolute Gasteiger partial charge is 0.0213 e. The van der Waals surface area contributed by atoms with Crippen LogP contribution in [-0.4, -0.2) is 0 Å². The molecule has 0 unspecified atom stereocenters. The first-order valence-electron chi connectivity index (χ1n) is 9.47. The van der Waals surface area contributed by atoms with Gasteiger partial charge in [-0.3, -0.25) is 0 Å². The molecular formula is C25H34. The molecule has 0 fully saturated rings. The van der Waals surface area contributed by atoms with Gasteiger partial charge in [-0.1, -0.05) is 114 Å². The van der Waals surface area contributed by atoms with Crippen LogP contribution in [0.2, 0.25) is 0 Å². The largest absolute Gasteiger partial charge is 0.0985 e. The third-order valence-corrected chi connectivity index (χ3v) is 4.18. The molecule has 0 atom stereocenters. The quantitative estimate of drug-likeness (QED) is 0.501. The third kappa shape index (κ3) is 7.56. The molecule has 0 aliphatic carbocycles. The molecule has 0 N–H and O–H groups in total. The highest BCUT2D eigenvalue weighted by Crippen LogP contribution is 2.25. The van der Waals surface area contributed by atoms with Gasteiger partial charge in [0, 0.05) is 0 Å². The monoisotopic (exact) mass is 334 g/mol. The molecule has 0 aliphatic rings. The van der Waals surface area contributed by atoms with E-state index in [1.807, 2.05) is 12.1 Å². The second-order valence-corrected chi connectivity index (χ2v) is 7.00. The van der Waals surface area contributed by atoms with Crippen molar-refractivity contribution in [1.82, 2.24) is 0 Å². The summed E-state index contributed by atoms with van der Waals surface area (Å²) in [6.45, 7) is 15.0. The van der Waals surface area contributed by atoms with Gasteiger partial charge in [0.1, 0.15) is 0 Å². The van der Waals surface area contributed by atoms with E-state index in [1.54, 1.807) is 0 Å². The number of hydrogen-bond acceptors (Lipinski definition) is 0. The fraction of sp³-hybridized carbons (Fsp3) is 0.360. The summed E-state index contributed by atoms with van der Waals surface area (Å²) in [6.07, 6.45) is 8.73. The van der Waals surface area contributed by atoms with E-state index in [4.69, 9.17) is 0 Å². The molecule has 0 bridgehead atoms. The Hall–Kier alpha value is -2.08. The van der Waals surface area contributed by atoms with Crippen molar-refractivity contribution in [3.05, 3.63) is 83.4 Å². The topological polar surface area (TPSA) is 0 Å². The van der Waals surface area contributed by atoms with Crippen LogP contribution in [0, 0.1) is 0 Å². The number of rotatable bonds is 6. The molecule has 134 valence electrons. The maximum absolute atomic E-state index is 3.85. The Balaban J connectivity index is 0.000000257. The molecule has 0 spiro atoms. The van der Waals surface area contributed by atoms with E-state index in [1.165, 1.54) is 35.1 Å². The molecule has 0 aliphatic heterocycles. The average Bonchev–Trinajstić information content (AvgIpc) is 2.62. The Morgan fingerprint density at radius 2 is 1.60 bits per heavy atom. The predicted molar refractivity (Wildman–Crippen MR) is 115 cm³/mol. The van der Waals surface area contributed by atoms with E-state index in [0.29, 0.717) is 11.8 Å². The van der Waals surface area contributed by atoms with Crippen molar-refractivity contribution in [3.8, 4) is 0 Å². The number of hydrogen-bond donors (Lipinski definition) is 0. The maximum Gasteiger partial charge on any atom is -0.0213 e. The molecule has 2 aromatic carbocycles. The van der Waals surface area contributed by atoms with Crippen molar-refractivity contribution in [2.75, 3.05) is 0 Å². The molecule has 2 rings (SSSR count). The molecule has 2 aromatic rings. The Kier molecular flexibility index (Phi) is 9.62. The number of allylic oxidation sites excluding steroid dienone is 1. The number of benzene rings is 2. The SMILES string of the molecule is C=Cc1ccc(C(C)C)cc1C(C)C.CCCC=Cc1ccccc1. The lowest BCUT2D eigenvalue weighted by atomic mass is 9.92. The van der Waals surface area contributed by atoms with Crippen LogP contribution < -0.4 is 0 Å². The van der Waals surface area contributed by atoms with Gasteiger partial charge in [0.25, 0.3) is 0 Å². The van der Waals surface area contributed by atoms with E-state index in [2.05, 4.69) is 95.8 Å². The van der Waals surface area contributed by atoms with Crippen molar-refractivity contribution in [2.24, 2.45) is 0 Å². The Morgan fingerprint density at radius 3 is 2.12 bits per heavy atom. The first-order chi connectivity index (χ1) is 12.0. The van der Waals surface area contributed by atoms with Gasteiger partial charge in [-0.05, 0) is 40.5 Å². The molecule has 0 radical (unpaired) electrons. The molecule has 0 heterocycles. The molecule has 0 amide bonds. The van der Waals surface area contributed by atoms with Gasteiger partial charge in [0.2, 0.25) is 0 Å². The highest BCUT2D eigenvalue weighted by Gasteiger charge is 2.07. The molecule has 0 nitrogen and oxygen atoms in total. The minimum absolute atomic E-state index is 0.571. The van der Waals surface area contributed by atoms with E-state index < -0.39 is 0 Å². The first kappa shape index (κ1) is 21.0. The van der Waals surface area contributed by atoms with Gasteiger partial charge in [-0.2, -0.15) is 0 Å². The van der Waals surface area contributed by atoms with E-state index >= 15 is 0 Å². The first-order valence-corrected chi connectivity index (χ1v) is 9.47. The van der Waals surface area contributed by atoms with Crippen LogP contribution in [0.5, 0.6) is 0 Å². The maximum atomic E-state index is 3.85. The molecular weight excluding hydrogens is 300 g/mol. The van der Waals surface area contributed by atoms with Crippen LogP contribution in [0.1, 0.15) is 81.5 Å². The second kappa shape index (κ2) is 11.5. The van der Waals surface area contributed by atoms with Crippen LogP contribution in [-0.2, 0) is 0 Å². The van der Waals surface area contributed by atoms with Gasteiger partial charge in [0.05, 0.1) is 0 Å². The third-order valence-electron chi connectivity index (χ3n) is 4.18. The Bertz CT molecular complexity index is 645. The molecule has 0 heteroatoms. The summed E-state index contributed by atoms with van der Waals surface area (Å²) in [5, 5.41) is 0. The summed E-state index contributed by atoms with van der Waals surface area (Å²) in [6, 6.07) is 17.1. The summed E-state index contributed by atoms with van der Waals surface area (Å²) >= 11 is 0. The summed E-state index contributed by atoms with van der Waals surface area (Å²) < 4.78 is 0. The van der Waals surface area contributed by atoms with E-state index in [0.717, 1.165) is 0 Å². The van der Waals surface area contributed by atoms with Crippen LogP contribution in [0.3, 0.4) is 0 Å². The zero-order chi connectivity index (χ0) is 18.7. The van der Waals surface area contributed by atoms with Crippen LogP contribution in [0.25, 0.3) is 12.2 Å². The molecule has 0 saturated carbocycles. The average molecular weight is 335 g/mol. The summed E-state index contributed by atoms with van der Waals surface area (Å²) in [4.78, 5) is 0. The lowest BCUT2D eigenvalue weighted by Crippen LogP contribution is -1.95. The lowest BCUT2D eigenvalue weighted by molar-refractivity contribution is 0.832. The highest BCUT2D eigenvalue weighted by atomic mass is 14.1. The van der Waals surface area contributed by atoms with Gasteiger partial charge in [-0.25, -0.2) is 0 Å². The minimum atomic E-state index is 0.571. The highest BCUT2D eigenvalue weighted by molar-refractivity contribution is 5.54. The zero-order valence-corrected chi connectivity index (χ0v) is 16.6. The predicted octanol–water partition coefficient (Wildman–Crippen LogP) is 8.08. The minimum Gasteiger partial charge on any atom is -0.0985 e.